The molecule has 0 aliphatic carbocycles. The van der Waals surface area contributed by atoms with Gasteiger partial charge in [0.25, 0.3) is 0 Å². The van der Waals surface area contributed by atoms with Crippen LogP contribution in [0.2, 0.25) is 0 Å². The summed E-state index contributed by atoms with van der Waals surface area (Å²) in [5.41, 5.74) is 1.33. The molecule has 0 atom stereocenters. The van der Waals surface area contributed by atoms with Crippen molar-refractivity contribution in [3.05, 3.63) is 94.5 Å². The van der Waals surface area contributed by atoms with Crippen molar-refractivity contribution in [3.63, 3.8) is 0 Å². The Bertz CT molecular complexity index is 1290. The first-order valence-corrected chi connectivity index (χ1v) is 10.5. The zero-order valence-corrected chi connectivity index (χ0v) is 30.4. The summed E-state index contributed by atoms with van der Waals surface area (Å²) in [6, 6.07) is 17.1. The summed E-state index contributed by atoms with van der Waals surface area (Å²) < 4.78 is 0. The number of aromatic carboxylic acids is 3. The van der Waals surface area contributed by atoms with Gasteiger partial charge in [0.2, 0.25) is 0 Å². The molecule has 0 amide bonds. The molecule has 0 aliphatic rings. The molecule has 180 valence electrons. The number of hydrogen-bond acceptors (Lipinski definition) is 9. The number of carboxylic acids is 4. The molecule has 3 aromatic carbocycles. The van der Waals surface area contributed by atoms with Crippen molar-refractivity contribution in [1.29, 1.82) is 0 Å². The maximum atomic E-state index is 11.4. The van der Waals surface area contributed by atoms with Crippen molar-refractivity contribution >= 4 is 23.9 Å². The summed E-state index contributed by atoms with van der Waals surface area (Å²) in [5.74, 6) is -5.97. The Morgan fingerprint density at radius 3 is 1.79 bits per heavy atom. The fraction of sp³-hybridized carbons (Fsp3) is 0.154. The van der Waals surface area contributed by atoms with Crippen LogP contribution in [-0.2, 0) is 17.9 Å². The topological polar surface area (TPSA) is 164 Å². The first-order chi connectivity index (χ1) is 16.7. The number of rotatable bonds is 11. The quantitative estimate of drug-likeness (QED) is 0.206. The zero-order chi connectivity index (χ0) is 25.5. The molecule has 0 aromatic heterocycles. The summed E-state index contributed by atoms with van der Waals surface area (Å²) >= 11 is 0. The van der Waals surface area contributed by atoms with Gasteiger partial charge in [-0.3, -0.25) is 4.90 Å². The summed E-state index contributed by atoms with van der Waals surface area (Å²) in [6.07, 6.45) is -0.317. The standard InChI is InChI=1S/C26H23NO8.4Na/c28-23(29)10-11-27(14-16-6-9-20(25(32)33)22(12-16)26(34)35)15-19-8-7-18(24(30)31)13-21(19)17-4-2-1-3-5-17;;;;/h1-9,12-13H,10-11,14-15H2,(H,28,29)(H,30,31)(H,32,33)(H,34,35);;;;/q;4*+1/p-4. The van der Waals surface area contributed by atoms with E-state index in [9.17, 15) is 39.6 Å². The average Bonchev–Trinajstić information content (AvgIpc) is 2.82. The van der Waals surface area contributed by atoms with Gasteiger partial charge in [0.05, 0.1) is 17.9 Å². The molecule has 0 fully saturated rings. The Hall–Kier alpha value is -0.500. The molecular weight excluding hydrogens is 546 g/mol. The largest absolute Gasteiger partial charge is 1.00 e. The number of aliphatic carboxylic acids is 1. The number of nitrogens with zero attached hydrogens (tertiary/aromatic N) is 1. The third-order valence-electron chi connectivity index (χ3n) is 5.39. The van der Waals surface area contributed by atoms with Crippen LogP contribution in [0.4, 0.5) is 0 Å². The average molecular weight is 565 g/mol. The van der Waals surface area contributed by atoms with Gasteiger partial charge in [0.1, 0.15) is 0 Å². The molecule has 3 rings (SSSR count). The fourth-order valence-electron chi connectivity index (χ4n) is 3.73. The van der Waals surface area contributed by atoms with E-state index in [0.717, 1.165) is 17.7 Å². The van der Waals surface area contributed by atoms with E-state index in [0.29, 0.717) is 16.7 Å². The minimum atomic E-state index is -1.68. The monoisotopic (exact) mass is 565 g/mol. The van der Waals surface area contributed by atoms with Gasteiger partial charge in [0, 0.05) is 36.7 Å². The second-order valence-corrected chi connectivity index (χ2v) is 7.81. The minimum absolute atomic E-state index is 0. The van der Waals surface area contributed by atoms with Gasteiger partial charge in [-0.05, 0) is 46.4 Å². The summed E-state index contributed by atoms with van der Waals surface area (Å²) in [5, 5.41) is 45.1. The molecule has 9 nitrogen and oxygen atoms in total. The molecule has 0 heterocycles. The number of carbonyl (C=O) groups is 4. The molecule has 0 unspecified atom stereocenters. The number of benzene rings is 3. The van der Waals surface area contributed by atoms with Crippen molar-refractivity contribution in [2.24, 2.45) is 0 Å². The van der Waals surface area contributed by atoms with Crippen LogP contribution < -0.4 is 139 Å². The predicted molar refractivity (Wildman–Crippen MR) is 115 cm³/mol. The molecule has 0 saturated heterocycles. The maximum Gasteiger partial charge on any atom is 1.00 e. The Kier molecular flexibility index (Phi) is 20.4. The van der Waals surface area contributed by atoms with E-state index in [1.54, 1.807) is 35.2 Å². The first-order valence-electron chi connectivity index (χ1n) is 10.5. The van der Waals surface area contributed by atoms with Gasteiger partial charge in [-0.2, -0.15) is 0 Å². The van der Waals surface area contributed by atoms with Gasteiger partial charge in [-0.1, -0.05) is 54.6 Å². The van der Waals surface area contributed by atoms with Crippen LogP contribution in [0.5, 0.6) is 0 Å². The van der Waals surface area contributed by atoms with E-state index in [1.807, 2.05) is 6.07 Å². The Labute approximate surface area is 314 Å². The van der Waals surface area contributed by atoms with E-state index >= 15 is 0 Å². The number of carboxylic acid groups (broad SMARTS) is 4. The van der Waals surface area contributed by atoms with E-state index in [4.69, 9.17) is 0 Å². The van der Waals surface area contributed by atoms with Crippen LogP contribution in [0.3, 0.4) is 0 Å². The van der Waals surface area contributed by atoms with Crippen LogP contribution in [0, 0.1) is 0 Å². The zero-order valence-electron chi connectivity index (χ0n) is 22.4. The molecule has 13 heteroatoms. The summed E-state index contributed by atoms with van der Waals surface area (Å²) in [7, 11) is 0. The van der Waals surface area contributed by atoms with Crippen LogP contribution in [0.15, 0.2) is 66.7 Å². The third kappa shape index (κ3) is 12.1. The van der Waals surface area contributed by atoms with Crippen molar-refractivity contribution in [2.75, 3.05) is 6.54 Å². The van der Waals surface area contributed by atoms with Crippen molar-refractivity contribution in [3.8, 4) is 11.1 Å². The van der Waals surface area contributed by atoms with Crippen molar-refractivity contribution in [2.45, 2.75) is 19.5 Å². The van der Waals surface area contributed by atoms with E-state index in [2.05, 4.69) is 0 Å². The maximum absolute atomic E-state index is 11.4. The predicted octanol–water partition coefficient (Wildman–Crippen LogP) is -13.4. The molecule has 0 aliphatic heterocycles. The molecule has 0 bridgehead atoms. The van der Waals surface area contributed by atoms with E-state index in [-0.39, 0.29) is 150 Å². The normalized spacial score (nSPS) is 9.67. The molecule has 0 spiro atoms. The Morgan fingerprint density at radius 2 is 1.26 bits per heavy atom. The molecule has 0 saturated carbocycles. The summed E-state index contributed by atoms with van der Waals surface area (Å²) in [4.78, 5) is 46.8. The van der Waals surface area contributed by atoms with Crippen LogP contribution in [0.25, 0.3) is 11.1 Å². The molecular formula is C26H19NNa4O8. The Balaban J connectivity index is 0. The minimum Gasteiger partial charge on any atom is -0.550 e. The summed E-state index contributed by atoms with van der Waals surface area (Å²) in [6.45, 7) is 0.271. The molecule has 0 N–H and O–H groups in total. The first kappa shape index (κ1) is 40.6. The van der Waals surface area contributed by atoms with Crippen LogP contribution in [0.1, 0.15) is 48.6 Å². The SMILES string of the molecule is O=C([O-])CCN(Cc1ccc(C(=O)[O-])c(C(=O)[O-])c1)Cc1ccc(C(=O)[O-])cc1-c1ccccc1.[Na+].[Na+].[Na+].[Na+]. The third-order valence-corrected chi connectivity index (χ3v) is 5.39. The van der Waals surface area contributed by atoms with E-state index in [1.165, 1.54) is 18.2 Å². The fourth-order valence-corrected chi connectivity index (χ4v) is 3.73. The van der Waals surface area contributed by atoms with Gasteiger partial charge >= 0.3 is 118 Å². The van der Waals surface area contributed by atoms with Crippen LogP contribution in [-0.4, -0.2) is 35.3 Å². The molecule has 0 radical (unpaired) electrons. The van der Waals surface area contributed by atoms with Gasteiger partial charge in [0.15, 0.2) is 0 Å². The van der Waals surface area contributed by atoms with Gasteiger partial charge < -0.3 is 39.6 Å². The van der Waals surface area contributed by atoms with Crippen LogP contribution >= 0.6 is 0 Å². The second-order valence-electron chi connectivity index (χ2n) is 7.81. The molecule has 3 aromatic rings. The van der Waals surface area contributed by atoms with Crippen molar-refractivity contribution in [1.82, 2.24) is 4.90 Å². The second kappa shape index (κ2) is 19.6. The number of hydrogen-bond donors (Lipinski definition) is 0. The molecule has 39 heavy (non-hydrogen) atoms. The number of carbonyl (C=O) groups excluding carboxylic acids is 4. The van der Waals surface area contributed by atoms with Gasteiger partial charge in [-0.25, -0.2) is 0 Å². The Morgan fingerprint density at radius 1 is 0.641 bits per heavy atom. The van der Waals surface area contributed by atoms with Gasteiger partial charge in [-0.15, -0.1) is 0 Å². The van der Waals surface area contributed by atoms with Crippen molar-refractivity contribution < 1.29 is 158 Å². The van der Waals surface area contributed by atoms with E-state index < -0.39 is 35.0 Å². The smallest absolute Gasteiger partial charge is 0.550 e.